The van der Waals surface area contributed by atoms with Gasteiger partial charge in [-0.15, -0.1) is 0 Å². The molecule has 1 aromatic carbocycles. The van der Waals surface area contributed by atoms with Gasteiger partial charge < -0.3 is 0 Å². The fourth-order valence-corrected chi connectivity index (χ4v) is 2.09. The van der Waals surface area contributed by atoms with Crippen LogP contribution >= 0.6 is 0 Å². The van der Waals surface area contributed by atoms with Crippen LogP contribution in [0.5, 0.6) is 0 Å². The molecule has 0 aliphatic carbocycles. The van der Waals surface area contributed by atoms with Gasteiger partial charge in [0.1, 0.15) is 5.82 Å². The highest BCUT2D eigenvalue weighted by Gasteiger charge is 2.11. The molecule has 6 heteroatoms. The summed E-state index contributed by atoms with van der Waals surface area (Å²) < 4.78 is 23.4. The first-order valence-electron chi connectivity index (χ1n) is 4.67. The van der Waals surface area contributed by atoms with Gasteiger partial charge >= 0.3 is 10.2 Å². The standard InChI is InChI=1S/C10H11N3O2S/c11-16(14,15)13-7-6-12-10(13)8-9-4-2-1-3-5-9/h1-7H,8H2,(H2,11,14,15). The maximum atomic E-state index is 11.2. The molecule has 0 aliphatic heterocycles. The Balaban J connectivity index is 2.34. The van der Waals surface area contributed by atoms with Gasteiger partial charge in [-0.3, -0.25) is 0 Å². The number of nitrogens with two attached hydrogens (primary N) is 1. The highest BCUT2D eigenvalue weighted by Crippen LogP contribution is 2.08. The normalized spacial score (nSPS) is 11.6. The maximum Gasteiger partial charge on any atom is 0.303 e. The molecule has 84 valence electrons. The van der Waals surface area contributed by atoms with Gasteiger partial charge in [0.15, 0.2) is 0 Å². The molecular weight excluding hydrogens is 226 g/mol. The van der Waals surface area contributed by atoms with Crippen molar-refractivity contribution in [1.29, 1.82) is 0 Å². The van der Waals surface area contributed by atoms with E-state index in [1.807, 2.05) is 30.3 Å². The molecule has 1 heterocycles. The van der Waals surface area contributed by atoms with E-state index in [1.54, 1.807) is 0 Å². The van der Waals surface area contributed by atoms with Gasteiger partial charge in [-0.2, -0.15) is 8.42 Å². The van der Waals surface area contributed by atoms with Crippen molar-refractivity contribution < 1.29 is 8.42 Å². The molecule has 0 unspecified atom stereocenters. The van der Waals surface area contributed by atoms with Crippen LogP contribution in [0.4, 0.5) is 0 Å². The van der Waals surface area contributed by atoms with Crippen molar-refractivity contribution in [3.63, 3.8) is 0 Å². The van der Waals surface area contributed by atoms with Crippen LogP contribution in [0.2, 0.25) is 0 Å². The van der Waals surface area contributed by atoms with Gasteiger partial charge in [0.2, 0.25) is 0 Å². The molecule has 0 saturated carbocycles. The van der Waals surface area contributed by atoms with Crippen LogP contribution in [0.3, 0.4) is 0 Å². The van der Waals surface area contributed by atoms with Crippen LogP contribution in [0.15, 0.2) is 42.7 Å². The Morgan fingerprint density at radius 3 is 2.56 bits per heavy atom. The lowest BCUT2D eigenvalue weighted by Gasteiger charge is -2.04. The molecule has 0 radical (unpaired) electrons. The van der Waals surface area contributed by atoms with Crippen molar-refractivity contribution in [2.75, 3.05) is 0 Å². The number of aromatic nitrogens is 2. The van der Waals surface area contributed by atoms with E-state index in [1.165, 1.54) is 12.4 Å². The summed E-state index contributed by atoms with van der Waals surface area (Å²) in [6.45, 7) is 0. The molecule has 0 spiro atoms. The molecule has 2 N–H and O–H groups in total. The predicted octanol–water partition coefficient (Wildman–Crippen LogP) is 0.525. The van der Waals surface area contributed by atoms with Crippen molar-refractivity contribution in [2.45, 2.75) is 6.42 Å². The quantitative estimate of drug-likeness (QED) is 0.845. The van der Waals surface area contributed by atoms with E-state index in [4.69, 9.17) is 5.14 Å². The lowest BCUT2D eigenvalue weighted by molar-refractivity contribution is 0.587. The molecule has 0 aliphatic rings. The van der Waals surface area contributed by atoms with Crippen molar-refractivity contribution >= 4 is 10.2 Å². The summed E-state index contributed by atoms with van der Waals surface area (Å²) in [6.07, 6.45) is 3.19. The van der Waals surface area contributed by atoms with Crippen LogP contribution in [-0.4, -0.2) is 17.4 Å². The van der Waals surface area contributed by atoms with E-state index in [2.05, 4.69) is 4.98 Å². The Bertz CT molecular complexity index is 575. The van der Waals surface area contributed by atoms with Gasteiger partial charge in [-0.05, 0) is 5.56 Å². The number of nitrogens with zero attached hydrogens (tertiary/aromatic N) is 2. The molecule has 0 saturated heterocycles. The zero-order chi connectivity index (χ0) is 11.6. The molecule has 2 aromatic rings. The fourth-order valence-electron chi connectivity index (χ4n) is 1.46. The molecule has 0 amide bonds. The minimum absolute atomic E-state index is 0.411. The highest BCUT2D eigenvalue weighted by molar-refractivity contribution is 7.87. The fraction of sp³-hybridized carbons (Fsp3) is 0.100. The average molecular weight is 237 g/mol. The van der Waals surface area contributed by atoms with E-state index in [0.29, 0.717) is 12.2 Å². The Morgan fingerprint density at radius 1 is 1.25 bits per heavy atom. The van der Waals surface area contributed by atoms with Crippen molar-refractivity contribution in [3.8, 4) is 0 Å². The van der Waals surface area contributed by atoms with Crippen LogP contribution in [0.25, 0.3) is 0 Å². The van der Waals surface area contributed by atoms with Gasteiger partial charge in [-0.25, -0.2) is 14.1 Å². The zero-order valence-electron chi connectivity index (χ0n) is 8.45. The minimum Gasteiger partial charge on any atom is -0.240 e. The Labute approximate surface area is 93.7 Å². The lowest BCUT2D eigenvalue weighted by Crippen LogP contribution is -2.23. The monoisotopic (exact) mass is 237 g/mol. The third-order valence-electron chi connectivity index (χ3n) is 2.16. The number of hydrogen-bond donors (Lipinski definition) is 1. The first-order chi connectivity index (χ1) is 7.57. The number of benzene rings is 1. The second kappa shape index (κ2) is 4.07. The van der Waals surface area contributed by atoms with Crippen molar-refractivity contribution in [3.05, 3.63) is 54.1 Å². The highest BCUT2D eigenvalue weighted by atomic mass is 32.2. The SMILES string of the molecule is NS(=O)(=O)n1ccnc1Cc1ccccc1. The first-order valence-corrected chi connectivity index (χ1v) is 6.17. The average Bonchev–Trinajstić information content (AvgIpc) is 2.67. The Hall–Kier alpha value is -1.66. The third kappa shape index (κ3) is 2.29. The Morgan fingerprint density at radius 2 is 1.94 bits per heavy atom. The summed E-state index contributed by atoms with van der Waals surface area (Å²) >= 11 is 0. The number of hydrogen-bond acceptors (Lipinski definition) is 3. The lowest BCUT2D eigenvalue weighted by atomic mass is 10.1. The largest absolute Gasteiger partial charge is 0.303 e. The van der Waals surface area contributed by atoms with Crippen LogP contribution in [0, 0.1) is 0 Å². The number of rotatable bonds is 3. The summed E-state index contributed by atoms with van der Waals surface area (Å²) in [6, 6.07) is 9.49. The second-order valence-electron chi connectivity index (χ2n) is 3.35. The van der Waals surface area contributed by atoms with E-state index in [0.717, 1.165) is 9.54 Å². The molecule has 5 nitrogen and oxygen atoms in total. The van der Waals surface area contributed by atoms with Crippen LogP contribution in [0.1, 0.15) is 11.4 Å². The summed E-state index contributed by atoms with van der Waals surface area (Å²) in [4.78, 5) is 3.98. The Kier molecular flexibility index (Phi) is 2.76. The second-order valence-corrected chi connectivity index (χ2v) is 4.77. The third-order valence-corrected chi connectivity index (χ3v) is 3.04. The number of imidazole rings is 1. The van der Waals surface area contributed by atoms with Crippen LogP contribution in [-0.2, 0) is 16.6 Å². The first kappa shape index (κ1) is 10.8. The van der Waals surface area contributed by atoms with Gasteiger partial charge in [-0.1, -0.05) is 30.3 Å². The zero-order valence-corrected chi connectivity index (χ0v) is 9.26. The maximum absolute atomic E-state index is 11.2. The van der Waals surface area contributed by atoms with E-state index < -0.39 is 10.2 Å². The summed E-state index contributed by atoms with van der Waals surface area (Å²) in [5, 5.41) is 5.05. The molecular formula is C10H11N3O2S. The smallest absolute Gasteiger partial charge is 0.240 e. The van der Waals surface area contributed by atoms with E-state index in [9.17, 15) is 8.42 Å². The summed E-state index contributed by atoms with van der Waals surface area (Å²) in [5.74, 6) is 0.411. The van der Waals surface area contributed by atoms with Crippen molar-refractivity contribution in [1.82, 2.24) is 8.96 Å². The summed E-state index contributed by atoms with van der Waals surface area (Å²) in [7, 11) is -3.76. The molecule has 1 aromatic heterocycles. The molecule has 0 fully saturated rings. The van der Waals surface area contributed by atoms with Gasteiger partial charge in [0, 0.05) is 18.8 Å². The molecule has 2 rings (SSSR count). The van der Waals surface area contributed by atoms with E-state index in [-0.39, 0.29) is 0 Å². The van der Waals surface area contributed by atoms with Crippen molar-refractivity contribution in [2.24, 2.45) is 5.14 Å². The predicted molar refractivity (Wildman–Crippen MR) is 60.0 cm³/mol. The summed E-state index contributed by atoms with van der Waals surface area (Å²) in [5.41, 5.74) is 0.985. The topological polar surface area (TPSA) is 78.0 Å². The van der Waals surface area contributed by atoms with Gasteiger partial charge in [0.25, 0.3) is 0 Å². The van der Waals surface area contributed by atoms with Crippen LogP contribution < -0.4 is 5.14 Å². The minimum atomic E-state index is -3.76. The molecule has 16 heavy (non-hydrogen) atoms. The molecule has 0 bridgehead atoms. The van der Waals surface area contributed by atoms with Gasteiger partial charge in [0.05, 0.1) is 0 Å². The van der Waals surface area contributed by atoms with E-state index >= 15 is 0 Å². The molecule has 0 atom stereocenters.